The second kappa shape index (κ2) is 12.3. The molecule has 2 aromatic rings. The van der Waals surface area contributed by atoms with Crippen LogP contribution in [0.5, 0.6) is 0 Å². The van der Waals surface area contributed by atoms with Crippen LogP contribution in [0.25, 0.3) is 0 Å². The van der Waals surface area contributed by atoms with E-state index in [9.17, 15) is 0 Å². The third-order valence-corrected chi connectivity index (χ3v) is 6.07. The van der Waals surface area contributed by atoms with E-state index in [-0.39, 0.29) is 24.0 Å². The Morgan fingerprint density at radius 3 is 2.89 bits per heavy atom. The Labute approximate surface area is 183 Å². The number of guanidine groups is 1. The average molecular weight is 499 g/mol. The highest BCUT2D eigenvalue weighted by Crippen LogP contribution is 2.25. The molecular formula is C20H30IN5S. The molecule has 1 atom stereocenters. The minimum Gasteiger partial charge on any atom is -0.355 e. The van der Waals surface area contributed by atoms with Crippen LogP contribution in [0.4, 0.5) is 0 Å². The van der Waals surface area contributed by atoms with E-state index in [1.54, 1.807) is 0 Å². The number of hydrogen-bond donors (Lipinski definition) is 2. The van der Waals surface area contributed by atoms with Crippen LogP contribution in [0.15, 0.2) is 47.7 Å². The lowest BCUT2D eigenvalue weighted by atomic mass is 10.1. The molecule has 3 rings (SSSR count). The van der Waals surface area contributed by atoms with Gasteiger partial charge in [-0.25, -0.2) is 4.98 Å². The van der Waals surface area contributed by atoms with E-state index in [2.05, 4.69) is 73.5 Å². The van der Waals surface area contributed by atoms with E-state index in [0.29, 0.717) is 11.8 Å². The van der Waals surface area contributed by atoms with Crippen LogP contribution in [0, 0.1) is 0 Å². The third-order valence-electron chi connectivity index (χ3n) is 4.67. The highest BCUT2D eigenvalue weighted by molar-refractivity contribution is 14.0. The minimum atomic E-state index is 0. The highest BCUT2D eigenvalue weighted by atomic mass is 127. The molecule has 0 bridgehead atoms. The lowest BCUT2D eigenvalue weighted by Gasteiger charge is -2.15. The van der Waals surface area contributed by atoms with Gasteiger partial charge in [0.25, 0.3) is 0 Å². The van der Waals surface area contributed by atoms with Gasteiger partial charge in [-0.3, -0.25) is 4.99 Å². The molecule has 5 nitrogen and oxygen atoms in total. The fraction of sp³-hybridized carbons (Fsp3) is 0.500. The van der Waals surface area contributed by atoms with Gasteiger partial charge < -0.3 is 15.2 Å². The third kappa shape index (κ3) is 7.37. The summed E-state index contributed by atoms with van der Waals surface area (Å²) in [5, 5.41) is 7.55. The average Bonchev–Trinajstić information content (AvgIpc) is 3.35. The molecule has 1 aliphatic rings. The Bertz CT molecular complexity index is 683. The van der Waals surface area contributed by atoms with Crippen LogP contribution in [-0.2, 0) is 19.5 Å². The van der Waals surface area contributed by atoms with E-state index in [1.165, 1.54) is 24.2 Å². The fourth-order valence-corrected chi connectivity index (χ4v) is 4.41. The van der Waals surface area contributed by atoms with Crippen molar-refractivity contribution < 1.29 is 0 Å². The summed E-state index contributed by atoms with van der Waals surface area (Å²) in [6, 6.07) is 10.6. The maximum absolute atomic E-state index is 4.50. The van der Waals surface area contributed by atoms with Gasteiger partial charge in [0.1, 0.15) is 5.82 Å². The van der Waals surface area contributed by atoms with Gasteiger partial charge in [0.05, 0.1) is 6.54 Å². The molecule has 1 saturated heterocycles. The van der Waals surface area contributed by atoms with Crippen LogP contribution >= 0.6 is 35.7 Å². The molecule has 7 heteroatoms. The first-order chi connectivity index (χ1) is 12.8. The number of nitrogens with zero attached hydrogens (tertiary/aromatic N) is 3. The van der Waals surface area contributed by atoms with Gasteiger partial charge in [-0.15, -0.1) is 24.0 Å². The Morgan fingerprint density at radius 2 is 2.15 bits per heavy atom. The number of hydrogen-bond acceptors (Lipinski definition) is 3. The summed E-state index contributed by atoms with van der Waals surface area (Å²) in [5.41, 5.74) is 1.39. The normalized spacial score (nSPS) is 16.8. The predicted molar refractivity (Wildman–Crippen MR) is 126 cm³/mol. The predicted octanol–water partition coefficient (Wildman–Crippen LogP) is 3.69. The van der Waals surface area contributed by atoms with Crippen molar-refractivity contribution in [1.82, 2.24) is 20.2 Å². The van der Waals surface area contributed by atoms with Crippen LogP contribution < -0.4 is 10.6 Å². The Morgan fingerprint density at radius 1 is 1.30 bits per heavy atom. The van der Waals surface area contributed by atoms with E-state index in [1.807, 2.05) is 13.2 Å². The first kappa shape index (κ1) is 22.1. The first-order valence-corrected chi connectivity index (χ1v) is 10.5. The van der Waals surface area contributed by atoms with Crippen LogP contribution in [0.2, 0.25) is 0 Å². The van der Waals surface area contributed by atoms with Crippen molar-refractivity contribution in [3.63, 3.8) is 0 Å². The summed E-state index contributed by atoms with van der Waals surface area (Å²) in [6.45, 7) is 2.66. The van der Waals surface area contributed by atoms with Gasteiger partial charge in [0, 0.05) is 37.8 Å². The molecule has 0 spiro atoms. The minimum absolute atomic E-state index is 0. The molecule has 1 aromatic heterocycles. The number of aromatic nitrogens is 2. The van der Waals surface area contributed by atoms with E-state index < -0.39 is 0 Å². The molecule has 0 radical (unpaired) electrons. The van der Waals surface area contributed by atoms with Crippen LogP contribution in [0.3, 0.4) is 0 Å². The summed E-state index contributed by atoms with van der Waals surface area (Å²) < 4.78 is 2.23. The van der Waals surface area contributed by atoms with Gasteiger partial charge in [-0.2, -0.15) is 11.8 Å². The summed E-state index contributed by atoms with van der Waals surface area (Å²) >= 11 is 2.06. The molecule has 1 aromatic carbocycles. The van der Waals surface area contributed by atoms with Crippen LogP contribution in [0.1, 0.15) is 30.7 Å². The van der Waals surface area contributed by atoms with Crippen LogP contribution in [-0.4, -0.2) is 40.1 Å². The number of nitrogens with one attached hydrogen (secondary N) is 2. The van der Waals surface area contributed by atoms with Crippen molar-refractivity contribution >= 4 is 41.7 Å². The van der Waals surface area contributed by atoms with Gasteiger partial charge in [0.15, 0.2) is 5.96 Å². The molecule has 0 aliphatic carbocycles. The van der Waals surface area contributed by atoms with Crippen molar-refractivity contribution in [3.8, 4) is 0 Å². The molecule has 148 valence electrons. The van der Waals surface area contributed by atoms with Crippen molar-refractivity contribution in [2.75, 3.05) is 19.3 Å². The lowest BCUT2D eigenvalue weighted by Crippen LogP contribution is -2.40. The van der Waals surface area contributed by atoms with E-state index in [4.69, 9.17) is 0 Å². The zero-order valence-electron chi connectivity index (χ0n) is 15.9. The largest absolute Gasteiger partial charge is 0.355 e. The molecule has 0 saturated carbocycles. The van der Waals surface area contributed by atoms with Crippen molar-refractivity contribution in [2.24, 2.45) is 4.99 Å². The SMILES string of the molecule is CN=C(NCc1nccn1CCCc1ccccc1)NCC1CCCS1.I. The number of rotatable bonds is 8. The van der Waals surface area contributed by atoms with Gasteiger partial charge in [0.2, 0.25) is 0 Å². The zero-order valence-corrected chi connectivity index (χ0v) is 19.1. The first-order valence-electron chi connectivity index (χ1n) is 9.45. The van der Waals surface area contributed by atoms with E-state index in [0.717, 1.165) is 37.7 Å². The summed E-state index contributed by atoms with van der Waals surface area (Å²) in [7, 11) is 1.82. The Hall–Kier alpha value is -1.22. The number of aryl methyl sites for hydroxylation is 2. The lowest BCUT2D eigenvalue weighted by molar-refractivity contribution is 0.600. The van der Waals surface area contributed by atoms with Crippen molar-refractivity contribution in [2.45, 2.75) is 44.0 Å². The number of benzene rings is 1. The smallest absolute Gasteiger partial charge is 0.191 e. The molecule has 2 N–H and O–H groups in total. The molecule has 0 amide bonds. The standard InChI is InChI=1S/C20H29N5S.HI/c1-21-20(23-15-18-10-6-14-26-18)24-16-19-22-11-13-25(19)12-5-9-17-7-3-2-4-8-17;/h2-4,7-8,11,13,18H,5-6,9-10,12,14-16H2,1H3,(H2,21,23,24);1H. The fourth-order valence-electron chi connectivity index (χ4n) is 3.21. The van der Waals surface area contributed by atoms with Gasteiger partial charge >= 0.3 is 0 Å². The summed E-state index contributed by atoms with van der Waals surface area (Å²) in [5.74, 6) is 3.20. The second-order valence-corrected chi connectivity index (χ2v) is 7.98. The highest BCUT2D eigenvalue weighted by Gasteiger charge is 2.15. The van der Waals surface area contributed by atoms with E-state index >= 15 is 0 Å². The molecular weight excluding hydrogens is 469 g/mol. The Balaban J connectivity index is 0.00000261. The maximum atomic E-state index is 4.50. The maximum Gasteiger partial charge on any atom is 0.191 e. The summed E-state index contributed by atoms with van der Waals surface area (Å²) in [6.07, 6.45) is 8.79. The van der Waals surface area contributed by atoms with Crippen molar-refractivity contribution in [1.29, 1.82) is 0 Å². The quantitative estimate of drug-likeness (QED) is 0.331. The molecule has 1 unspecified atom stereocenters. The van der Waals surface area contributed by atoms with Crippen molar-refractivity contribution in [3.05, 3.63) is 54.1 Å². The Kier molecular flexibility index (Phi) is 10.0. The number of thioether (sulfide) groups is 1. The monoisotopic (exact) mass is 499 g/mol. The number of aliphatic imine (C=N–C) groups is 1. The molecule has 1 fully saturated rings. The molecule has 1 aliphatic heterocycles. The number of halogens is 1. The summed E-state index contributed by atoms with van der Waals surface area (Å²) in [4.78, 5) is 8.83. The topological polar surface area (TPSA) is 54.2 Å². The molecule has 27 heavy (non-hydrogen) atoms. The zero-order chi connectivity index (χ0) is 18.0. The van der Waals surface area contributed by atoms with Gasteiger partial charge in [-0.05, 0) is 37.0 Å². The number of imidazole rings is 1. The van der Waals surface area contributed by atoms with Gasteiger partial charge in [-0.1, -0.05) is 30.3 Å². The second-order valence-electron chi connectivity index (χ2n) is 6.57. The molecule has 2 heterocycles.